The van der Waals surface area contributed by atoms with Crippen LogP contribution in [-0.2, 0) is 4.79 Å². The summed E-state index contributed by atoms with van der Waals surface area (Å²) in [5.74, 6) is 1.39. The van der Waals surface area contributed by atoms with Crippen molar-refractivity contribution in [1.82, 2.24) is 14.8 Å². The van der Waals surface area contributed by atoms with E-state index in [0.29, 0.717) is 22.4 Å². The smallest absolute Gasteiger partial charge is 0.234 e. The molecule has 34 heavy (non-hydrogen) atoms. The van der Waals surface area contributed by atoms with Crippen molar-refractivity contribution in [1.29, 1.82) is 0 Å². The fourth-order valence-corrected chi connectivity index (χ4v) is 4.02. The van der Waals surface area contributed by atoms with Gasteiger partial charge in [-0.05, 0) is 61.5 Å². The summed E-state index contributed by atoms with van der Waals surface area (Å²) in [6.07, 6.45) is -0.420. The minimum atomic E-state index is -0.420. The van der Waals surface area contributed by atoms with Crippen LogP contribution in [0.4, 0.5) is 10.1 Å². The molecule has 1 heterocycles. The molecular formula is C25H23FN4O3S. The molecule has 1 amide bonds. The van der Waals surface area contributed by atoms with Gasteiger partial charge in [-0.15, -0.1) is 10.2 Å². The van der Waals surface area contributed by atoms with Gasteiger partial charge < -0.3 is 14.8 Å². The van der Waals surface area contributed by atoms with Crippen LogP contribution in [0.1, 0.15) is 18.9 Å². The van der Waals surface area contributed by atoms with Crippen molar-refractivity contribution in [3.63, 3.8) is 0 Å². The predicted molar refractivity (Wildman–Crippen MR) is 129 cm³/mol. The molecule has 0 aliphatic heterocycles. The van der Waals surface area contributed by atoms with E-state index in [1.165, 1.54) is 23.9 Å². The number of methoxy groups -OCH3 is 1. The molecule has 1 aromatic heterocycles. The van der Waals surface area contributed by atoms with Crippen LogP contribution in [-0.4, -0.2) is 33.5 Å². The number of aromatic nitrogens is 3. The van der Waals surface area contributed by atoms with Gasteiger partial charge in [-0.3, -0.25) is 9.36 Å². The first-order valence-electron chi connectivity index (χ1n) is 10.5. The summed E-state index contributed by atoms with van der Waals surface area (Å²) >= 11 is 1.23. The van der Waals surface area contributed by atoms with Crippen molar-refractivity contribution < 1.29 is 18.7 Å². The molecule has 1 unspecified atom stereocenters. The Morgan fingerprint density at radius 1 is 1.03 bits per heavy atom. The van der Waals surface area contributed by atoms with Gasteiger partial charge in [0.25, 0.3) is 0 Å². The van der Waals surface area contributed by atoms with E-state index >= 15 is 0 Å². The zero-order chi connectivity index (χ0) is 23.9. The highest BCUT2D eigenvalue weighted by molar-refractivity contribution is 7.99. The van der Waals surface area contributed by atoms with E-state index in [0.717, 1.165) is 11.4 Å². The third-order valence-electron chi connectivity index (χ3n) is 4.85. The van der Waals surface area contributed by atoms with E-state index in [-0.39, 0.29) is 11.7 Å². The number of para-hydroxylation sites is 1. The number of hydrogen-bond acceptors (Lipinski definition) is 6. The molecule has 1 N–H and O–H groups in total. The van der Waals surface area contributed by atoms with Gasteiger partial charge in [0, 0.05) is 11.4 Å². The van der Waals surface area contributed by atoms with Crippen LogP contribution in [0.25, 0.3) is 5.69 Å². The SMILES string of the molecule is COc1ccc(OC(C)c2nnc(SCC(=O)Nc3cccc(F)c3)n2-c2ccccc2)cc1. The third kappa shape index (κ3) is 5.74. The number of thioether (sulfide) groups is 1. The summed E-state index contributed by atoms with van der Waals surface area (Å²) < 4.78 is 26.5. The number of amides is 1. The van der Waals surface area contributed by atoms with Crippen LogP contribution in [0.5, 0.6) is 11.5 Å². The molecule has 0 bridgehead atoms. The number of nitrogens with one attached hydrogen (secondary N) is 1. The molecule has 0 saturated heterocycles. The van der Waals surface area contributed by atoms with Gasteiger partial charge in [-0.1, -0.05) is 36.0 Å². The van der Waals surface area contributed by atoms with Crippen LogP contribution in [0, 0.1) is 5.82 Å². The van der Waals surface area contributed by atoms with Gasteiger partial charge in [0.2, 0.25) is 5.91 Å². The van der Waals surface area contributed by atoms with Crippen molar-refractivity contribution in [2.45, 2.75) is 18.2 Å². The fraction of sp³-hybridized carbons (Fsp3) is 0.160. The van der Waals surface area contributed by atoms with Gasteiger partial charge in [-0.2, -0.15) is 0 Å². The summed E-state index contributed by atoms with van der Waals surface area (Å²) in [5.41, 5.74) is 1.25. The van der Waals surface area contributed by atoms with Gasteiger partial charge >= 0.3 is 0 Å². The monoisotopic (exact) mass is 478 g/mol. The molecule has 7 nitrogen and oxygen atoms in total. The van der Waals surface area contributed by atoms with Gasteiger partial charge in [0.1, 0.15) is 17.3 Å². The molecule has 174 valence electrons. The Labute approximate surface area is 200 Å². The number of halogens is 1. The van der Waals surface area contributed by atoms with Crippen LogP contribution >= 0.6 is 11.8 Å². The second-order valence-corrected chi connectivity index (χ2v) is 8.24. The third-order valence-corrected chi connectivity index (χ3v) is 5.78. The minimum Gasteiger partial charge on any atom is -0.497 e. The molecule has 1 atom stereocenters. The second-order valence-electron chi connectivity index (χ2n) is 7.29. The molecular weight excluding hydrogens is 455 g/mol. The van der Waals surface area contributed by atoms with Crippen molar-refractivity contribution >= 4 is 23.4 Å². The Kier molecular flexibility index (Phi) is 7.44. The lowest BCUT2D eigenvalue weighted by Gasteiger charge is -2.17. The van der Waals surface area contributed by atoms with E-state index in [2.05, 4.69) is 15.5 Å². The molecule has 0 fully saturated rings. The van der Waals surface area contributed by atoms with Gasteiger partial charge in [-0.25, -0.2) is 4.39 Å². The summed E-state index contributed by atoms with van der Waals surface area (Å²) in [6.45, 7) is 1.89. The summed E-state index contributed by atoms with van der Waals surface area (Å²) in [4.78, 5) is 12.4. The summed E-state index contributed by atoms with van der Waals surface area (Å²) in [7, 11) is 1.61. The van der Waals surface area contributed by atoms with E-state index in [1.807, 2.05) is 66.1 Å². The molecule has 0 spiro atoms. The van der Waals surface area contributed by atoms with Crippen molar-refractivity contribution in [3.05, 3.63) is 90.5 Å². The molecule has 3 aromatic carbocycles. The highest BCUT2D eigenvalue weighted by Crippen LogP contribution is 2.28. The number of carbonyl (C=O) groups is 1. The fourth-order valence-electron chi connectivity index (χ4n) is 3.26. The maximum Gasteiger partial charge on any atom is 0.234 e. The van der Waals surface area contributed by atoms with E-state index < -0.39 is 11.9 Å². The topological polar surface area (TPSA) is 78.3 Å². The highest BCUT2D eigenvalue weighted by Gasteiger charge is 2.21. The maximum absolute atomic E-state index is 13.4. The molecule has 0 saturated carbocycles. The Bertz CT molecular complexity index is 1250. The molecule has 0 aliphatic carbocycles. The number of benzene rings is 3. The normalized spacial score (nSPS) is 11.6. The number of hydrogen-bond donors (Lipinski definition) is 1. The van der Waals surface area contributed by atoms with Crippen LogP contribution in [0.3, 0.4) is 0 Å². The lowest BCUT2D eigenvalue weighted by atomic mass is 10.3. The van der Waals surface area contributed by atoms with Crippen LogP contribution < -0.4 is 14.8 Å². The predicted octanol–water partition coefficient (Wildman–Crippen LogP) is 5.29. The lowest BCUT2D eigenvalue weighted by Crippen LogP contribution is -2.15. The second kappa shape index (κ2) is 10.8. The zero-order valence-electron chi connectivity index (χ0n) is 18.6. The van der Waals surface area contributed by atoms with Crippen molar-refractivity contribution in [2.24, 2.45) is 0 Å². The molecule has 0 radical (unpaired) electrons. The van der Waals surface area contributed by atoms with Crippen LogP contribution in [0.15, 0.2) is 84.0 Å². The van der Waals surface area contributed by atoms with Gasteiger partial charge in [0.15, 0.2) is 17.1 Å². The van der Waals surface area contributed by atoms with Crippen molar-refractivity contribution in [2.75, 3.05) is 18.2 Å². The number of rotatable bonds is 9. The number of nitrogens with zero attached hydrogens (tertiary/aromatic N) is 3. The molecule has 9 heteroatoms. The van der Waals surface area contributed by atoms with Gasteiger partial charge in [0.05, 0.1) is 12.9 Å². The van der Waals surface area contributed by atoms with E-state index in [1.54, 1.807) is 19.2 Å². The minimum absolute atomic E-state index is 0.0786. The molecule has 4 rings (SSSR count). The molecule has 4 aromatic rings. The quantitative estimate of drug-likeness (QED) is 0.330. The Balaban J connectivity index is 1.52. The van der Waals surface area contributed by atoms with E-state index in [4.69, 9.17) is 9.47 Å². The largest absolute Gasteiger partial charge is 0.497 e. The highest BCUT2D eigenvalue weighted by atomic mass is 32.2. The Hall–Kier alpha value is -3.85. The standard InChI is InChI=1S/C25H23FN4O3S/c1-17(33-22-13-11-21(32-2)12-14-22)24-28-29-25(30(24)20-9-4-3-5-10-20)34-16-23(31)27-19-8-6-7-18(26)15-19/h3-15,17H,16H2,1-2H3,(H,27,31). The first-order chi connectivity index (χ1) is 16.5. The summed E-state index contributed by atoms with van der Waals surface area (Å²) in [6, 6.07) is 22.7. The number of carbonyl (C=O) groups excluding carboxylic acids is 1. The van der Waals surface area contributed by atoms with Crippen molar-refractivity contribution in [3.8, 4) is 17.2 Å². The van der Waals surface area contributed by atoms with E-state index in [9.17, 15) is 9.18 Å². The zero-order valence-corrected chi connectivity index (χ0v) is 19.5. The Morgan fingerprint density at radius 2 is 1.76 bits per heavy atom. The summed E-state index contributed by atoms with van der Waals surface area (Å²) in [5, 5.41) is 11.9. The maximum atomic E-state index is 13.4. The first kappa shape index (κ1) is 23.3. The average Bonchev–Trinajstić information content (AvgIpc) is 3.28. The van der Waals surface area contributed by atoms with Crippen LogP contribution in [0.2, 0.25) is 0 Å². The number of ether oxygens (including phenoxy) is 2. The Morgan fingerprint density at radius 3 is 2.47 bits per heavy atom. The lowest BCUT2D eigenvalue weighted by molar-refractivity contribution is -0.113. The first-order valence-corrected chi connectivity index (χ1v) is 11.5. The average molecular weight is 479 g/mol. The molecule has 0 aliphatic rings. The number of anilines is 1.